The lowest BCUT2D eigenvalue weighted by Crippen LogP contribution is -2.39. The van der Waals surface area contributed by atoms with Gasteiger partial charge in [0, 0.05) is 23.1 Å². The number of ether oxygens (including phenoxy) is 1. The minimum absolute atomic E-state index is 0.0129. The van der Waals surface area contributed by atoms with E-state index in [2.05, 4.69) is 15.9 Å². The first-order valence-electron chi connectivity index (χ1n) is 13.1. The largest absolute Gasteiger partial charge is 0.504 e. The zero-order chi connectivity index (χ0) is 28.5. The van der Waals surface area contributed by atoms with Gasteiger partial charge in [0.15, 0.2) is 23.1 Å². The highest BCUT2D eigenvalue weighted by molar-refractivity contribution is 14.1. The van der Waals surface area contributed by atoms with Crippen molar-refractivity contribution in [3.8, 4) is 11.5 Å². The Bertz CT molecular complexity index is 1600. The Morgan fingerprint density at radius 2 is 1.80 bits per heavy atom. The van der Waals surface area contributed by atoms with Crippen molar-refractivity contribution in [2.24, 2.45) is 17.8 Å². The predicted octanol–water partition coefficient (Wildman–Crippen LogP) is 5.53. The van der Waals surface area contributed by atoms with Gasteiger partial charge >= 0.3 is 0 Å². The normalized spacial score (nSPS) is 25.9. The number of aryl methyl sites for hydroxylation is 1. The third-order valence-corrected chi connectivity index (χ3v) is 9.95. The van der Waals surface area contributed by atoms with Crippen molar-refractivity contribution in [2.45, 2.75) is 32.1 Å². The number of carbonyl (C=O) groups is 4. The molecule has 2 aromatic carbocycles. The molecule has 4 unspecified atom stereocenters. The molecule has 9 heteroatoms. The van der Waals surface area contributed by atoms with Crippen LogP contribution in [0.5, 0.6) is 11.5 Å². The maximum Gasteiger partial charge on any atom is 0.238 e. The van der Waals surface area contributed by atoms with E-state index >= 15 is 0 Å². The zero-order valence-corrected chi connectivity index (χ0v) is 25.5. The van der Waals surface area contributed by atoms with Gasteiger partial charge in [-0.15, -0.1) is 0 Å². The van der Waals surface area contributed by atoms with Crippen LogP contribution in [0.3, 0.4) is 0 Å². The van der Waals surface area contributed by atoms with Gasteiger partial charge in [-0.2, -0.15) is 0 Å². The Balaban J connectivity index is 1.49. The Hall–Kier alpha value is -3.05. The number of imide groups is 1. The second-order valence-corrected chi connectivity index (χ2v) is 12.5. The minimum atomic E-state index is -0.652. The molecule has 0 saturated carbocycles. The van der Waals surface area contributed by atoms with Crippen LogP contribution in [0.1, 0.15) is 36.8 Å². The number of benzene rings is 2. The fourth-order valence-corrected chi connectivity index (χ4v) is 7.71. The molecule has 1 N–H and O–H groups in total. The number of hydrogen-bond acceptors (Lipinski definition) is 6. The molecule has 1 heterocycles. The SMILES string of the molecule is CCc1ccc(N2C(=O)C3CC=C4C(c5cc(I)c(O)c(OC)c5)C5=C(CC4C3C2=O)C(=O)C(Br)=CC5=O)cc1. The summed E-state index contributed by atoms with van der Waals surface area (Å²) in [6.07, 6.45) is 4.68. The highest BCUT2D eigenvalue weighted by atomic mass is 127. The first-order chi connectivity index (χ1) is 19.2. The van der Waals surface area contributed by atoms with Crippen LogP contribution in [-0.2, 0) is 25.6 Å². The minimum Gasteiger partial charge on any atom is -0.504 e. The quantitative estimate of drug-likeness (QED) is 0.194. The number of carbonyl (C=O) groups excluding carboxylic acids is 4. The summed E-state index contributed by atoms with van der Waals surface area (Å²) in [5.41, 5.74) is 3.92. The number of aromatic hydroxyl groups is 1. The molecule has 1 fully saturated rings. The summed E-state index contributed by atoms with van der Waals surface area (Å²) in [5.74, 6) is -3.09. The molecule has 0 bridgehead atoms. The lowest BCUT2D eigenvalue weighted by atomic mass is 9.59. The Morgan fingerprint density at radius 1 is 1.07 bits per heavy atom. The van der Waals surface area contributed by atoms with E-state index in [9.17, 15) is 24.3 Å². The van der Waals surface area contributed by atoms with E-state index in [0.29, 0.717) is 32.4 Å². The van der Waals surface area contributed by atoms with Gasteiger partial charge in [-0.05, 0) is 99.1 Å². The summed E-state index contributed by atoms with van der Waals surface area (Å²) in [5, 5.41) is 10.5. The first kappa shape index (κ1) is 27.1. The Labute approximate surface area is 253 Å². The molecule has 0 radical (unpaired) electrons. The number of rotatable bonds is 4. The molecule has 0 spiro atoms. The van der Waals surface area contributed by atoms with Crippen LogP contribution in [0, 0.1) is 21.3 Å². The van der Waals surface area contributed by atoms with Crippen LogP contribution < -0.4 is 9.64 Å². The molecule has 1 aliphatic heterocycles. The van der Waals surface area contributed by atoms with Crippen molar-refractivity contribution in [1.29, 1.82) is 0 Å². The molecule has 3 aliphatic carbocycles. The number of amides is 2. The van der Waals surface area contributed by atoms with Crippen LogP contribution in [0.25, 0.3) is 0 Å². The summed E-state index contributed by atoms with van der Waals surface area (Å²) in [6.45, 7) is 2.04. The van der Waals surface area contributed by atoms with Crippen molar-refractivity contribution in [3.05, 3.63) is 84.4 Å². The molecule has 2 aromatic rings. The van der Waals surface area contributed by atoms with Crippen LogP contribution in [0.2, 0.25) is 0 Å². The average Bonchev–Trinajstić information content (AvgIpc) is 3.21. The summed E-state index contributed by atoms with van der Waals surface area (Å²) in [7, 11) is 1.45. The second-order valence-electron chi connectivity index (χ2n) is 10.5. The van der Waals surface area contributed by atoms with Crippen molar-refractivity contribution < 1.29 is 29.0 Å². The zero-order valence-electron chi connectivity index (χ0n) is 21.7. The van der Waals surface area contributed by atoms with Crippen LogP contribution in [-0.4, -0.2) is 35.6 Å². The van der Waals surface area contributed by atoms with Gasteiger partial charge in [0.25, 0.3) is 0 Å². The smallest absolute Gasteiger partial charge is 0.238 e. The summed E-state index contributed by atoms with van der Waals surface area (Å²) in [4.78, 5) is 55.8. The molecule has 7 nitrogen and oxygen atoms in total. The Morgan fingerprint density at radius 3 is 2.48 bits per heavy atom. The average molecular weight is 714 g/mol. The number of phenolic OH excluding ortho intramolecular Hbond substituents is 1. The molecule has 40 heavy (non-hydrogen) atoms. The van der Waals surface area contributed by atoms with Crippen LogP contribution in [0.15, 0.2) is 69.8 Å². The van der Waals surface area contributed by atoms with E-state index in [1.165, 1.54) is 18.1 Å². The molecular weight excluding hydrogens is 689 g/mol. The number of fused-ring (bicyclic) bond motifs is 3. The van der Waals surface area contributed by atoms with Gasteiger partial charge in [0.05, 0.1) is 32.7 Å². The molecule has 2 amide bonds. The first-order valence-corrected chi connectivity index (χ1v) is 15.0. The van der Waals surface area contributed by atoms with Gasteiger partial charge in [-0.25, -0.2) is 0 Å². The predicted molar refractivity (Wildman–Crippen MR) is 160 cm³/mol. The lowest BCUT2D eigenvalue weighted by molar-refractivity contribution is -0.123. The second kappa shape index (κ2) is 10.1. The molecule has 204 valence electrons. The summed E-state index contributed by atoms with van der Waals surface area (Å²) in [6, 6.07) is 10.9. The maximum absolute atomic E-state index is 14.0. The number of phenols is 1. The number of allylic oxidation sites excluding steroid dienone is 6. The number of methoxy groups -OCH3 is 1. The van der Waals surface area contributed by atoms with Gasteiger partial charge in [0.1, 0.15) is 0 Å². The number of ketones is 2. The molecule has 4 aliphatic rings. The Kier molecular flexibility index (Phi) is 6.85. The van der Waals surface area contributed by atoms with Crippen molar-refractivity contribution in [2.75, 3.05) is 12.0 Å². The van der Waals surface area contributed by atoms with Gasteiger partial charge in [-0.1, -0.05) is 30.7 Å². The molecule has 4 atom stereocenters. The van der Waals surface area contributed by atoms with Gasteiger partial charge < -0.3 is 9.84 Å². The maximum atomic E-state index is 14.0. The summed E-state index contributed by atoms with van der Waals surface area (Å²) < 4.78 is 6.12. The van der Waals surface area contributed by atoms with E-state index in [-0.39, 0.29) is 45.8 Å². The molecule has 6 rings (SSSR count). The van der Waals surface area contributed by atoms with Gasteiger partial charge in [0.2, 0.25) is 11.8 Å². The van der Waals surface area contributed by atoms with E-state index < -0.39 is 23.7 Å². The standard InChI is InChI=1S/C31H25BrINO6/c1-3-14-4-6-16(7-5-14)34-30(38)18-9-8-17-19(26(18)31(34)39)12-20-27(23(35)13-21(32)28(20)36)25(17)15-10-22(33)29(37)24(11-15)40-2/h4-8,10-11,13,18-19,25-26,37H,3,9,12H2,1-2H3. The molecule has 0 aromatic heterocycles. The van der Waals surface area contributed by atoms with Crippen molar-refractivity contribution >= 4 is 67.6 Å². The third kappa shape index (κ3) is 4.03. The van der Waals surface area contributed by atoms with E-state index in [1.54, 1.807) is 24.3 Å². The van der Waals surface area contributed by atoms with Crippen molar-refractivity contribution in [1.82, 2.24) is 0 Å². The number of hydrogen-bond donors (Lipinski definition) is 1. The topological polar surface area (TPSA) is 101 Å². The van der Waals surface area contributed by atoms with E-state index in [1.807, 2.05) is 47.7 Å². The highest BCUT2D eigenvalue weighted by Gasteiger charge is 2.56. The number of anilines is 1. The van der Waals surface area contributed by atoms with Gasteiger partial charge in [-0.3, -0.25) is 24.1 Å². The molecule has 1 saturated heterocycles. The van der Waals surface area contributed by atoms with Crippen LogP contribution in [0.4, 0.5) is 5.69 Å². The fraction of sp³-hybridized carbons (Fsp3) is 0.290. The molecular formula is C31H25BrINO6. The lowest BCUT2D eigenvalue weighted by Gasteiger charge is -2.42. The monoisotopic (exact) mass is 713 g/mol. The number of Topliss-reactive ketones (excluding diaryl/α,β-unsaturated/α-hetero) is 1. The van der Waals surface area contributed by atoms with E-state index in [4.69, 9.17) is 4.74 Å². The third-order valence-electron chi connectivity index (χ3n) is 8.54. The number of nitrogens with zero attached hydrogens (tertiary/aromatic N) is 1. The highest BCUT2D eigenvalue weighted by Crippen LogP contribution is 2.56. The van der Waals surface area contributed by atoms with Crippen LogP contribution >= 0.6 is 38.5 Å². The summed E-state index contributed by atoms with van der Waals surface area (Å²) >= 11 is 5.26. The van der Waals surface area contributed by atoms with Crippen molar-refractivity contribution in [3.63, 3.8) is 0 Å². The number of halogens is 2. The van der Waals surface area contributed by atoms with E-state index in [0.717, 1.165) is 17.6 Å². The fourth-order valence-electron chi connectivity index (χ4n) is 6.64.